The summed E-state index contributed by atoms with van der Waals surface area (Å²) >= 11 is 1.32. The van der Waals surface area contributed by atoms with Crippen molar-refractivity contribution >= 4 is 39.1 Å². The van der Waals surface area contributed by atoms with Crippen molar-refractivity contribution in [3.8, 4) is 0 Å². The molecule has 0 fully saturated rings. The predicted octanol–water partition coefficient (Wildman–Crippen LogP) is 2.31. The number of nitrogens with zero attached hydrogens (tertiary/aromatic N) is 1. The summed E-state index contributed by atoms with van der Waals surface area (Å²) in [7, 11) is 0. The van der Waals surface area contributed by atoms with Gasteiger partial charge in [0.1, 0.15) is 5.84 Å². The largest absolute Gasteiger partial charge is 0.384 e. The third-order valence-corrected chi connectivity index (χ3v) is 4.75. The molecule has 0 saturated heterocycles. The first-order chi connectivity index (χ1) is 12.0. The van der Waals surface area contributed by atoms with E-state index in [1.54, 1.807) is 18.2 Å². The quantitative estimate of drug-likeness (QED) is 0.358. The molecule has 0 saturated carbocycles. The molecule has 1 aromatic heterocycles. The monoisotopic (exact) mass is 351 g/mol. The maximum Gasteiger partial charge on any atom is 0.249 e. The van der Waals surface area contributed by atoms with Gasteiger partial charge in [0.05, 0.1) is 15.8 Å². The Balaban J connectivity index is 1.83. The van der Waals surface area contributed by atoms with Gasteiger partial charge in [-0.05, 0) is 24.1 Å². The van der Waals surface area contributed by atoms with Crippen LogP contribution in [-0.4, -0.2) is 22.5 Å². The summed E-state index contributed by atoms with van der Waals surface area (Å²) < 4.78 is 0.940. The number of nitrogen functional groups attached to an aromatic ring is 1. The van der Waals surface area contributed by atoms with Crippen LogP contribution in [0.4, 0.5) is 0 Å². The van der Waals surface area contributed by atoms with Crippen LogP contribution in [0.25, 0.3) is 10.2 Å². The van der Waals surface area contributed by atoms with Crippen molar-refractivity contribution in [2.75, 3.05) is 0 Å². The van der Waals surface area contributed by atoms with Gasteiger partial charge < -0.3 is 11.5 Å². The number of carbonyl (C=O) groups is 2. The molecule has 5 N–H and O–H groups in total. The van der Waals surface area contributed by atoms with Gasteiger partial charge in [-0.25, -0.2) is 4.98 Å². The molecular weight excluding hydrogens is 336 g/mol. The Kier molecular flexibility index (Phi) is 4.58. The van der Waals surface area contributed by atoms with Crippen LogP contribution in [-0.2, 0) is 6.42 Å². The fraction of sp³-hybridized carbons (Fsp3) is 0.0556. The number of para-hydroxylation sites is 1. The van der Waals surface area contributed by atoms with Crippen molar-refractivity contribution in [3.63, 3.8) is 0 Å². The van der Waals surface area contributed by atoms with Gasteiger partial charge in [0, 0.05) is 12.0 Å². The summed E-state index contributed by atoms with van der Waals surface area (Å²) in [6.07, 6.45) is 1.66. The zero-order chi connectivity index (χ0) is 18.0. The Hall–Kier alpha value is -3.06. The maximum atomic E-state index is 12.4. The number of ketones is 1. The average Bonchev–Trinajstić information content (AvgIpc) is 3.03. The first kappa shape index (κ1) is 16.8. The topological polar surface area (TPSA) is 123 Å². The van der Waals surface area contributed by atoms with Crippen molar-refractivity contribution < 1.29 is 9.59 Å². The number of thiazole rings is 1. The molecule has 3 rings (SSSR count). The highest BCUT2D eigenvalue weighted by Gasteiger charge is 2.18. The number of hydrogen-bond acceptors (Lipinski definition) is 5. The Labute approximate surface area is 148 Å². The fourth-order valence-electron chi connectivity index (χ4n) is 2.55. The summed E-state index contributed by atoms with van der Waals surface area (Å²) in [5.74, 6) is -1.14. The molecule has 6 nitrogen and oxygen atoms in total. The molecule has 1 heterocycles. The summed E-state index contributed by atoms with van der Waals surface area (Å²) in [6, 6.07) is 12.4. The first-order valence-corrected chi connectivity index (χ1v) is 8.28. The summed E-state index contributed by atoms with van der Waals surface area (Å²) in [6.45, 7) is 0. The highest BCUT2D eigenvalue weighted by Crippen LogP contribution is 2.23. The van der Waals surface area contributed by atoms with Crippen LogP contribution in [0.1, 0.15) is 31.3 Å². The Bertz CT molecular complexity index is 961. The number of fused-ring (bicyclic) bond motifs is 1. The van der Waals surface area contributed by atoms with E-state index in [9.17, 15) is 9.59 Å². The van der Waals surface area contributed by atoms with Gasteiger partial charge in [0.25, 0.3) is 0 Å². The standard InChI is InChI=1S/C18H15N4O2S/c19-16(20)11-5-3-4-10(15(11)17(21)24)8-9-13(23)18-22-12-6-1-2-7-14(12)25-18/h1-7,9H,8H2,(H3,19,20)(H2,21,24). The fourth-order valence-corrected chi connectivity index (χ4v) is 3.45. The molecule has 1 amide bonds. The second-order valence-electron chi connectivity index (χ2n) is 5.38. The molecule has 7 heteroatoms. The van der Waals surface area contributed by atoms with Crippen LogP contribution in [0.15, 0.2) is 42.5 Å². The molecule has 2 aromatic carbocycles. The third-order valence-electron chi connectivity index (χ3n) is 3.70. The number of Topliss-reactive ketones (excluding diaryl/α,β-unsaturated/α-hetero) is 1. The molecule has 125 valence electrons. The van der Waals surface area contributed by atoms with Crippen LogP contribution in [0.5, 0.6) is 0 Å². The maximum absolute atomic E-state index is 12.4. The van der Waals surface area contributed by atoms with Crippen molar-refractivity contribution in [3.05, 3.63) is 70.6 Å². The third kappa shape index (κ3) is 3.41. The molecule has 0 bridgehead atoms. The number of nitrogens with one attached hydrogen (secondary N) is 1. The lowest BCUT2D eigenvalue weighted by Gasteiger charge is -2.10. The lowest BCUT2D eigenvalue weighted by Crippen LogP contribution is -2.22. The smallest absolute Gasteiger partial charge is 0.249 e. The summed E-state index contributed by atoms with van der Waals surface area (Å²) in [5, 5.41) is 7.96. The summed E-state index contributed by atoms with van der Waals surface area (Å²) in [5.41, 5.74) is 12.7. The van der Waals surface area contributed by atoms with E-state index in [4.69, 9.17) is 16.9 Å². The number of primary amides is 1. The van der Waals surface area contributed by atoms with Crippen LogP contribution in [0.2, 0.25) is 0 Å². The molecule has 25 heavy (non-hydrogen) atoms. The van der Waals surface area contributed by atoms with Gasteiger partial charge in [-0.15, -0.1) is 11.3 Å². The van der Waals surface area contributed by atoms with Gasteiger partial charge >= 0.3 is 0 Å². The Morgan fingerprint density at radius 3 is 2.56 bits per heavy atom. The molecule has 0 atom stereocenters. The van der Waals surface area contributed by atoms with Gasteiger partial charge in [0.15, 0.2) is 10.8 Å². The number of rotatable bonds is 6. The number of amidine groups is 1. The van der Waals surface area contributed by atoms with Gasteiger partial charge in [0.2, 0.25) is 5.91 Å². The van der Waals surface area contributed by atoms with Crippen molar-refractivity contribution in [1.29, 1.82) is 5.41 Å². The van der Waals surface area contributed by atoms with Gasteiger partial charge in [-0.1, -0.05) is 30.3 Å². The second-order valence-corrected chi connectivity index (χ2v) is 6.41. The summed E-state index contributed by atoms with van der Waals surface area (Å²) in [4.78, 5) is 28.5. The normalized spacial score (nSPS) is 10.7. The van der Waals surface area contributed by atoms with E-state index in [1.807, 2.05) is 24.3 Å². The lowest BCUT2D eigenvalue weighted by molar-refractivity contribution is 0.0994. The Morgan fingerprint density at radius 2 is 1.88 bits per heavy atom. The van der Waals surface area contributed by atoms with Gasteiger partial charge in [-0.2, -0.15) is 0 Å². The minimum Gasteiger partial charge on any atom is -0.384 e. The lowest BCUT2D eigenvalue weighted by atomic mass is 9.96. The number of hydrogen-bond donors (Lipinski definition) is 3. The number of nitrogens with two attached hydrogens (primary N) is 2. The van der Waals surface area contributed by atoms with E-state index in [0.29, 0.717) is 10.6 Å². The van der Waals surface area contributed by atoms with Crippen LogP contribution in [0, 0.1) is 11.8 Å². The number of amides is 1. The molecular formula is C18H15N4O2S. The number of carbonyl (C=O) groups excluding carboxylic acids is 2. The predicted molar refractivity (Wildman–Crippen MR) is 97.9 cm³/mol. The van der Waals surface area contributed by atoms with Crippen LogP contribution < -0.4 is 11.5 Å². The minimum absolute atomic E-state index is 0.170. The van der Waals surface area contributed by atoms with Gasteiger partial charge in [-0.3, -0.25) is 15.0 Å². The van der Waals surface area contributed by atoms with Crippen molar-refractivity contribution in [2.45, 2.75) is 6.42 Å². The second kappa shape index (κ2) is 6.82. The highest BCUT2D eigenvalue weighted by molar-refractivity contribution is 7.20. The molecule has 0 unspecified atom stereocenters. The molecule has 3 aromatic rings. The molecule has 0 aliphatic rings. The van der Waals surface area contributed by atoms with Crippen LogP contribution in [0.3, 0.4) is 0 Å². The van der Waals surface area contributed by atoms with E-state index in [2.05, 4.69) is 4.98 Å². The number of benzene rings is 2. The van der Waals surface area contributed by atoms with E-state index in [0.717, 1.165) is 10.2 Å². The minimum atomic E-state index is -0.679. The van der Waals surface area contributed by atoms with E-state index in [-0.39, 0.29) is 29.2 Å². The highest BCUT2D eigenvalue weighted by atomic mass is 32.1. The average molecular weight is 351 g/mol. The zero-order valence-electron chi connectivity index (χ0n) is 13.2. The SMILES string of the molecule is N=C(N)c1cccc(C[CH]C(=O)c2nc3ccccc3s2)c1C(N)=O. The first-order valence-electron chi connectivity index (χ1n) is 7.46. The molecule has 0 aliphatic heterocycles. The van der Waals surface area contributed by atoms with Crippen molar-refractivity contribution in [1.82, 2.24) is 4.98 Å². The molecule has 0 aliphatic carbocycles. The molecule has 0 spiro atoms. The molecule has 1 radical (unpaired) electrons. The van der Waals surface area contributed by atoms with E-state index in [1.165, 1.54) is 17.8 Å². The van der Waals surface area contributed by atoms with Crippen LogP contribution >= 0.6 is 11.3 Å². The Morgan fingerprint density at radius 1 is 1.12 bits per heavy atom. The van der Waals surface area contributed by atoms with Crippen molar-refractivity contribution in [2.24, 2.45) is 11.5 Å². The van der Waals surface area contributed by atoms with E-state index < -0.39 is 5.91 Å². The zero-order valence-corrected chi connectivity index (χ0v) is 14.0. The van der Waals surface area contributed by atoms with E-state index >= 15 is 0 Å². The number of aromatic nitrogens is 1.